The van der Waals surface area contributed by atoms with Gasteiger partial charge in [-0.3, -0.25) is 9.59 Å². The second-order valence-electron chi connectivity index (χ2n) is 7.03. The van der Waals surface area contributed by atoms with Crippen LogP contribution in [0.2, 0.25) is 5.02 Å². The Kier molecular flexibility index (Phi) is 8.52. The van der Waals surface area contributed by atoms with E-state index in [1.165, 1.54) is 0 Å². The molecule has 0 fully saturated rings. The van der Waals surface area contributed by atoms with E-state index < -0.39 is 6.04 Å². The van der Waals surface area contributed by atoms with Crippen molar-refractivity contribution in [3.63, 3.8) is 0 Å². The third-order valence-corrected chi connectivity index (χ3v) is 5.09. The molecular weight excluding hydrogens is 372 g/mol. The normalized spacial score (nSPS) is 12.9. The monoisotopic (exact) mass is 400 g/mol. The van der Waals surface area contributed by atoms with Gasteiger partial charge in [0.25, 0.3) is 0 Å². The highest BCUT2D eigenvalue weighted by Gasteiger charge is 2.30. The number of hydrogen-bond donors (Lipinski definition) is 1. The Labute approximate surface area is 172 Å². The van der Waals surface area contributed by atoms with Crippen molar-refractivity contribution in [3.8, 4) is 0 Å². The summed E-state index contributed by atoms with van der Waals surface area (Å²) >= 11 is 5.99. The Bertz CT molecular complexity index is 762. The lowest BCUT2D eigenvalue weighted by atomic mass is 10.0. The molecule has 0 saturated heterocycles. The maximum Gasteiger partial charge on any atom is 0.243 e. The number of nitrogens with one attached hydrogen (secondary N) is 1. The number of benzene rings is 2. The van der Waals surface area contributed by atoms with E-state index in [1.807, 2.05) is 63.2 Å². The molecule has 1 N–H and O–H groups in total. The summed E-state index contributed by atoms with van der Waals surface area (Å²) in [6.45, 7) is 6.20. The summed E-state index contributed by atoms with van der Waals surface area (Å²) < 4.78 is 0. The van der Waals surface area contributed by atoms with Crippen molar-refractivity contribution in [2.24, 2.45) is 0 Å². The van der Waals surface area contributed by atoms with Gasteiger partial charge in [-0.1, -0.05) is 67.9 Å². The molecule has 4 nitrogen and oxygen atoms in total. The van der Waals surface area contributed by atoms with Gasteiger partial charge in [-0.2, -0.15) is 0 Å². The fraction of sp³-hybridized carbons (Fsp3) is 0.391. The van der Waals surface area contributed by atoms with E-state index in [0.717, 1.165) is 17.5 Å². The van der Waals surface area contributed by atoms with Gasteiger partial charge < -0.3 is 10.2 Å². The van der Waals surface area contributed by atoms with Crippen LogP contribution in [0, 0.1) is 0 Å². The zero-order chi connectivity index (χ0) is 20.5. The van der Waals surface area contributed by atoms with Crippen molar-refractivity contribution in [1.82, 2.24) is 10.2 Å². The molecule has 0 heterocycles. The van der Waals surface area contributed by atoms with Gasteiger partial charge in [-0.15, -0.1) is 0 Å². The van der Waals surface area contributed by atoms with Gasteiger partial charge in [0, 0.05) is 30.5 Å². The highest BCUT2D eigenvalue weighted by molar-refractivity contribution is 6.30. The van der Waals surface area contributed by atoms with E-state index in [4.69, 9.17) is 11.6 Å². The van der Waals surface area contributed by atoms with Crippen LogP contribution >= 0.6 is 11.6 Å². The number of nitrogens with zero attached hydrogens (tertiary/aromatic N) is 1. The Morgan fingerprint density at radius 3 is 2.21 bits per heavy atom. The number of rotatable bonds is 9. The van der Waals surface area contributed by atoms with Crippen molar-refractivity contribution in [3.05, 3.63) is 70.7 Å². The maximum absolute atomic E-state index is 13.1. The van der Waals surface area contributed by atoms with Crippen molar-refractivity contribution in [2.75, 3.05) is 0 Å². The van der Waals surface area contributed by atoms with Gasteiger partial charge in [0.1, 0.15) is 6.04 Å². The summed E-state index contributed by atoms with van der Waals surface area (Å²) in [5.74, 6) is -0.163. The van der Waals surface area contributed by atoms with Crippen LogP contribution in [0.1, 0.15) is 44.7 Å². The van der Waals surface area contributed by atoms with E-state index in [9.17, 15) is 9.59 Å². The lowest BCUT2D eigenvalue weighted by Crippen LogP contribution is -2.52. The van der Waals surface area contributed by atoms with Crippen LogP contribution < -0.4 is 5.32 Å². The van der Waals surface area contributed by atoms with Gasteiger partial charge >= 0.3 is 0 Å². The highest BCUT2D eigenvalue weighted by Crippen LogP contribution is 2.17. The molecule has 0 aliphatic rings. The molecule has 0 bridgehead atoms. The van der Waals surface area contributed by atoms with Crippen LogP contribution in [0.3, 0.4) is 0 Å². The first-order valence-electron chi connectivity index (χ1n) is 9.82. The summed E-state index contributed by atoms with van der Waals surface area (Å²) in [4.78, 5) is 27.6. The summed E-state index contributed by atoms with van der Waals surface area (Å²) in [7, 11) is 0. The van der Waals surface area contributed by atoms with Crippen LogP contribution in [0.15, 0.2) is 54.6 Å². The molecule has 2 aromatic carbocycles. The molecule has 0 aliphatic heterocycles. The first-order chi connectivity index (χ1) is 13.4. The molecule has 2 amide bonds. The first kappa shape index (κ1) is 22.0. The fourth-order valence-electron chi connectivity index (χ4n) is 2.98. The molecule has 2 atom stereocenters. The van der Waals surface area contributed by atoms with Gasteiger partial charge in [-0.05, 0) is 36.6 Å². The number of hydrogen-bond acceptors (Lipinski definition) is 2. The van der Waals surface area contributed by atoms with E-state index in [1.54, 1.807) is 17.0 Å². The van der Waals surface area contributed by atoms with E-state index in [-0.39, 0.29) is 17.9 Å². The molecule has 0 saturated carbocycles. The highest BCUT2D eigenvalue weighted by atomic mass is 35.5. The Morgan fingerprint density at radius 1 is 1.00 bits per heavy atom. The molecule has 0 radical (unpaired) electrons. The summed E-state index contributed by atoms with van der Waals surface area (Å²) in [5, 5.41) is 3.70. The second-order valence-corrected chi connectivity index (χ2v) is 7.46. The quantitative estimate of drug-likeness (QED) is 0.668. The predicted molar refractivity (Wildman–Crippen MR) is 114 cm³/mol. The molecule has 2 unspecified atom stereocenters. The van der Waals surface area contributed by atoms with Crippen molar-refractivity contribution >= 4 is 23.4 Å². The summed E-state index contributed by atoms with van der Waals surface area (Å²) in [6, 6.07) is 16.7. The number of carbonyl (C=O) groups excluding carboxylic acids is 2. The molecule has 150 valence electrons. The van der Waals surface area contributed by atoms with Crippen LogP contribution in [-0.4, -0.2) is 28.8 Å². The van der Waals surface area contributed by atoms with Gasteiger partial charge in [0.05, 0.1) is 0 Å². The molecular formula is C23H29ClN2O2. The summed E-state index contributed by atoms with van der Waals surface area (Å²) in [6.07, 6.45) is 1.65. The Morgan fingerprint density at radius 2 is 1.64 bits per heavy atom. The average Bonchev–Trinajstić information content (AvgIpc) is 2.71. The lowest BCUT2D eigenvalue weighted by Gasteiger charge is -2.32. The molecule has 0 spiro atoms. The predicted octanol–water partition coefficient (Wildman–Crippen LogP) is 4.60. The average molecular weight is 401 g/mol. The summed E-state index contributed by atoms with van der Waals surface area (Å²) in [5.41, 5.74) is 1.97. The van der Waals surface area contributed by atoms with Crippen LogP contribution in [0.4, 0.5) is 0 Å². The maximum atomic E-state index is 13.1. The number of amides is 2. The zero-order valence-corrected chi connectivity index (χ0v) is 17.6. The van der Waals surface area contributed by atoms with Crippen LogP contribution in [-0.2, 0) is 22.6 Å². The zero-order valence-electron chi connectivity index (χ0n) is 16.8. The van der Waals surface area contributed by atoms with E-state index >= 15 is 0 Å². The van der Waals surface area contributed by atoms with Crippen LogP contribution in [0.5, 0.6) is 0 Å². The van der Waals surface area contributed by atoms with Crippen molar-refractivity contribution in [1.29, 1.82) is 0 Å². The first-order valence-corrected chi connectivity index (χ1v) is 10.2. The standard InChI is InChI=1S/C23H29ClN2O2/c1-4-17(3)25-23(28)21(15-18-9-7-6-8-10-18)26(22(27)5-2)16-19-11-13-20(24)14-12-19/h6-14,17,21H,4-5,15-16H2,1-3H3,(H,25,28). The molecule has 5 heteroatoms. The van der Waals surface area contributed by atoms with E-state index in [2.05, 4.69) is 5.32 Å². The number of halogens is 1. The topological polar surface area (TPSA) is 49.4 Å². The SMILES string of the molecule is CCC(=O)N(Cc1ccc(Cl)cc1)C(Cc1ccccc1)C(=O)NC(C)CC. The number of carbonyl (C=O) groups is 2. The third kappa shape index (κ3) is 6.38. The van der Waals surface area contributed by atoms with Crippen molar-refractivity contribution < 1.29 is 9.59 Å². The molecule has 0 aliphatic carbocycles. The van der Waals surface area contributed by atoms with Gasteiger partial charge in [0.2, 0.25) is 11.8 Å². The Hall–Kier alpha value is -2.33. The molecule has 28 heavy (non-hydrogen) atoms. The smallest absolute Gasteiger partial charge is 0.243 e. The minimum absolute atomic E-state index is 0.0461. The molecule has 2 aromatic rings. The fourth-order valence-corrected chi connectivity index (χ4v) is 3.11. The third-order valence-electron chi connectivity index (χ3n) is 4.84. The second kappa shape index (κ2) is 10.9. The minimum Gasteiger partial charge on any atom is -0.352 e. The largest absolute Gasteiger partial charge is 0.352 e. The Balaban J connectivity index is 2.33. The van der Waals surface area contributed by atoms with Gasteiger partial charge in [0.15, 0.2) is 0 Å². The lowest BCUT2D eigenvalue weighted by molar-refractivity contribution is -0.141. The van der Waals surface area contributed by atoms with E-state index in [0.29, 0.717) is 24.4 Å². The molecule has 0 aromatic heterocycles. The van der Waals surface area contributed by atoms with Crippen molar-refractivity contribution in [2.45, 2.75) is 58.7 Å². The minimum atomic E-state index is -0.570. The van der Waals surface area contributed by atoms with Gasteiger partial charge in [-0.25, -0.2) is 0 Å². The van der Waals surface area contributed by atoms with Crippen LogP contribution in [0.25, 0.3) is 0 Å². The molecule has 2 rings (SSSR count).